The Hall–Kier alpha value is -4.58. The van der Waals surface area contributed by atoms with Gasteiger partial charge in [0.1, 0.15) is 42.3 Å². The molecule has 5 aromatic rings. The van der Waals surface area contributed by atoms with Crippen LogP contribution in [0.2, 0.25) is 5.02 Å². The molecule has 7 rings (SSSR count). The van der Waals surface area contributed by atoms with Gasteiger partial charge in [0.25, 0.3) is 0 Å². The Kier molecular flexibility index (Phi) is 15.0. The van der Waals surface area contributed by atoms with Crippen molar-refractivity contribution in [2.45, 2.75) is 69.7 Å². The molecule has 304 valence electrons. The summed E-state index contributed by atoms with van der Waals surface area (Å²) in [5.41, 5.74) is 5.82. The average molecular weight is 806 g/mol. The van der Waals surface area contributed by atoms with Crippen molar-refractivity contribution in [2.75, 3.05) is 40.0 Å². The van der Waals surface area contributed by atoms with Gasteiger partial charge in [0.05, 0.1) is 46.8 Å². The molecular weight excluding hydrogens is 754 g/mol. The summed E-state index contributed by atoms with van der Waals surface area (Å²) in [6.07, 6.45) is -3.08. The summed E-state index contributed by atoms with van der Waals surface area (Å²) in [7, 11) is 1.41. The zero-order chi connectivity index (χ0) is 40.1. The smallest absolute Gasteiger partial charge is 0.325 e. The van der Waals surface area contributed by atoms with Gasteiger partial charge in [-0.05, 0) is 64.9 Å². The Morgan fingerprint density at radius 1 is 0.707 bits per heavy atom. The van der Waals surface area contributed by atoms with Crippen molar-refractivity contribution >= 4 is 17.6 Å². The Labute approximate surface area is 346 Å². The van der Waals surface area contributed by atoms with E-state index in [1.54, 1.807) is 0 Å². The van der Waals surface area contributed by atoms with Gasteiger partial charge in [-0.1, -0.05) is 127 Å². The summed E-state index contributed by atoms with van der Waals surface area (Å²) < 4.78 is 45.2. The SMILES string of the molecule is CCOc1ccc(Cc2cc([C@@H]3O[C@H](C(C(=O)OC)N4CCOCC4)[C@@H](OCc4ccccc4)[C@H](OCc4ccccc4)[C@H]3OCc3ccccc3)ccc2Cl)cc1. The highest BCUT2D eigenvalue weighted by molar-refractivity contribution is 6.31. The number of carbonyl (C=O) groups is 1. The van der Waals surface area contributed by atoms with Crippen LogP contribution in [-0.4, -0.2) is 81.3 Å². The van der Waals surface area contributed by atoms with Crippen molar-refractivity contribution < 1.29 is 38.0 Å². The predicted octanol–water partition coefficient (Wildman–Crippen LogP) is 8.40. The molecule has 0 N–H and O–H groups in total. The summed E-state index contributed by atoms with van der Waals surface area (Å²) in [5, 5.41) is 0.633. The normalized spacial score (nSPS) is 21.6. The van der Waals surface area contributed by atoms with Crippen LogP contribution in [0.4, 0.5) is 0 Å². The predicted molar refractivity (Wildman–Crippen MR) is 223 cm³/mol. The number of rotatable bonds is 17. The van der Waals surface area contributed by atoms with Gasteiger partial charge in [-0.2, -0.15) is 0 Å². The fraction of sp³-hybridized carbons (Fsp3) is 0.354. The molecule has 0 radical (unpaired) electrons. The van der Waals surface area contributed by atoms with Gasteiger partial charge < -0.3 is 33.2 Å². The minimum absolute atomic E-state index is 0.261. The third-order valence-corrected chi connectivity index (χ3v) is 11.0. The van der Waals surface area contributed by atoms with Crippen LogP contribution < -0.4 is 4.74 Å². The molecule has 0 aromatic heterocycles. The summed E-state index contributed by atoms with van der Waals surface area (Å²) in [5.74, 6) is 0.397. The van der Waals surface area contributed by atoms with Gasteiger partial charge in [-0.15, -0.1) is 0 Å². The number of esters is 1. The van der Waals surface area contributed by atoms with Crippen molar-refractivity contribution in [1.82, 2.24) is 4.90 Å². The average Bonchev–Trinajstić information content (AvgIpc) is 3.27. The summed E-state index contributed by atoms with van der Waals surface area (Å²) in [6.45, 7) is 5.39. The number of carbonyl (C=O) groups excluding carboxylic acids is 1. The van der Waals surface area contributed by atoms with Crippen molar-refractivity contribution in [2.24, 2.45) is 0 Å². The van der Waals surface area contributed by atoms with Gasteiger partial charge in [-0.25, -0.2) is 0 Å². The lowest BCUT2D eigenvalue weighted by Gasteiger charge is -2.50. The first-order chi connectivity index (χ1) is 28.5. The minimum Gasteiger partial charge on any atom is -0.494 e. The second kappa shape index (κ2) is 20.9. The third-order valence-electron chi connectivity index (χ3n) is 10.6. The molecule has 9 nitrogen and oxygen atoms in total. The molecule has 6 atom stereocenters. The molecule has 2 aliphatic heterocycles. The van der Waals surface area contributed by atoms with E-state index in [0.717, 1.165) is 39.1 Å². The number of morpholine rings is 1. The van der Waals surface area contributed by atoms with E-state index in [-0.39, 0.29) is 13.2 Å². The molecule has 10 heteroatoms. The fourth-order valence-corrected chi connectivity index (χ4v) is 7.90. The Morgan fingerprint density at radius 3 is 1.81 bits per heavy atom. The van der Waals surface area contributed by atoms with Gasteiger partial charge in [0.2, 0.25) is 0 Å². The van der Waals surface area contributed by atoms with Crippen LogP contribution in [0.1, 0.15) is 46.4 Å². The van der Waals surface area contributed by atoms with Crippen molar-refractivity contribution in [3.05, 3.63) is 172 Å². The fourth-order valence-electron chi connectivity index (χ4n) is 7.72. The third kappa shape index (κ3) is 10.7. The van der Waals surface area contributed by atoms with E-state index >= 15 is 0 Å². The molecule has 2 fully saturated rings. The number of nitrogens with zero attached hydrogens (tertiary/aromatic N) is 1. The number of ether oxygens (including phenoxy) is 7. The molecule has 0 saturated carbocycles. The molecule has 0 aliphatic carbocycles. The molecule has 1 unspecified atom stereocenters. The second-order valence-electron chi connectivity index (χ2n) is 14.5. The van der Waals surface area contributed by atoms with Crippen LogP contribution in [-0.2, 0) is 59.5 Å². The van der Waals surface area contributed by atoms with E-state index in [9.17, 15) is 4.79 Å². The quantitative estimate of drug-likeness (QED) is 0.0861. The van der Waals surface area contributed by atoms with Gasteiger partial charge in [0.15, 0.2) is 0 Å². The van der Waals surface area contributed by atoms with E-state index in [4.69, 9.17) is 44.8 Å². The highest BCUT2D eigenvalue weighted by Gasteiger charge is 2.54. The molecule has 2 aliphatic rings. The molecule has 58 heavy (non-hydrogen) atoms. The van der Waals surface area contributed by atoms with Gasteiger partial charge in [-0.3, -0.25) is 9.69 Å². The largest absolute Gasteiger partial charge is 0.494 e. The van der Waals surface area contributed by atoms with Crippen molar-refractivity contribution in [1.29, 1.82) is 0 Å². The Bertz CT molecular complexity index is 2000. The van der Waals surface area contributed by atoms with Gasteiger partial charge >= 0.3 is 5.97 Å². The maximum atomic E-state index is 14.1. The lowest BCUT2D eigenvalue weighted by atomic mass is 9.86. The second-order valence-corrected chi connectivity index (χ2v) is 14.9. The Balaban J connectivity index is 1.33. The molecule has 5 aromatic carbocycles. The maximum Gasteiger partial charge on any atom is 0.325 e. The lowest BCUT2D eigenvalue weighted by Crippen LogP contribution is -2.65. The van der Waals surface area contributed by atoms with Crippen LogP contribution in [0.3, 0.4) is 0 Å². The molecule has 2 saturated heterocycles. The number of methoxy groups -OCH3 is 1. The first-order valence-electron chi connectivity index (χ1n) is 20.0. The first-order valence-corrected chi connectivity index (χ1v) is 20.4. The summed E-state index contributed by atoms with van der Waals surface area (Å²) in [4.78, 5) is 16.2. The van der Waals surface area contributed by atoms with Crippen molar-refractivity contribution in [3.8, 4) is 5.75 Å². The zero-order valence-corrected chi connectivity index (χ0v) is 33.9. The highest BCUT2D eigenvalue weighted by Crippen LogP contribution is 2.41. The number of benzene rings is 5. The molecule has 2 heterocycles. The number of hydrogen-bond donors (Lipinski definition) is 0. The lowest BCUT2D eigenvalue weighted by molar-refractivity contribution is -0.278. The number of hydrogen-bond acceptors (Lipinski definition) is 9. The molecule has 0 spiro atoms. The monoisotopic (exact) mass is 805 g/mol. The van der Waals surface area contributed by atoms with E-state index in [2.05, 4.69) is 23.1 Å². The van der Waals surface area contributed by atoms with Crippen molar-refractivity contribution in [3.63, 3.8) is 0 Å². The number of halogens is 1. The van der Waals surface area contributed by atoms with E-state index in [0.29, 0.717) is 51.0 Å². The van der Waals surface area contributed by atoms with Crippen LogP contribution in [0, 0.1) is 0 Å². The summed E-state index contributed by atoms with van der Waals surface area (Å²) >= 11 is 6.93. The standard InChI is InChI=1S/C48H52ClNO8/c1-3-54-40-22-19-34(20-23-40)29-39-30-38(21-24-41(39)49)43-45(55-31-35-13-7-4-8-14-35)47(57-33-37-17-11-6-12-18-37)46(56-32-36-15-9-5-10-16-36)44(58-43)42(48(51)52-2)50-25-27-53-28-26-50/h4-24,30,42-47H,3,25-29,31-33H2,1-2H3/t42?,43-,44+,45-,46+,47+/m0/s1. The Morgan fingerprint density at radius 2 is 1.26 bits per heavy atom. The van der Waals surface area contributed by atoms with E-state index in [1.807, 2.05) is 122 Å². The van der Waals surface area contributed by atoms with Crippen LogP contribution >= 0.6 is 11.6 Å². The van der Waals surface area contributed by atoms with Crippen LogP contribution in [0.25, 0.3) is 0 Å². The van der Waals surface area contributed by atoms with Crippen LogP contribution in [0.15, 0.2) is 133 Å². The van der Waals surface area contributed by atoms with Gasteiger partial charge in [0, 0.05) is 18.1 Å². The maximum absolute atomic E-state index is 14.1. The highest BCUT2D eigenvalue weighted by atomic mass is 35.5. The zero-order valence-electron chi connectivity index (χ0n) is 33.1. The first kappa shape index (κ1) is 41.6. The molecule has 0 bridgehead atoms. The molecule has 0 amide bonds. The molecular formula is C48H52ClNO8. The minimum atomic E-state index is -0.832. The summed E-state index contributed by atoms with van der Waals surface area (Å²) in [6, 6.07) is 43.2. The van der Waals surface area contributed by atoms with E-state index in [1.165, 1.54) is 7.11 Å². The topological polar surface area (TPSA) is 84.9 Å². The van der Waals surface area contributed by atoms with Crippen LogP contribution in [0.5, 0.6) is 5.75 Å². The van der Waals surface area contributed by atoms with E-state index < -0.39 is 42.5 Å².